The van der Waals surface area contributed by atoms with Crippen LogP contribution in [-0.4, -0.2) is 4.98 Å². The summed E-state index contributed by atoms with van der Waals surface area (Å²) in [5, 5.41) is 9.13. The molecule has 1 unspecified atom stereocenters. The number of benzene rings is 1. The monoisotopic (exact) mass is 322 g/mol. The molecule has 124 valence electrons. The lowest BCUT2D eigenvalue weighted by Crippen LogP contribution is -2.18. The van der Waals surface area contributed by atoms with Crippen molar-refractivity contribution in [1.29, 1.82) is 5.26 Å². The molecular weight excluding hydrogens is 299 g/mol. The van der Waals surface area contributed by atoms with Crippen molar-refractivity contribution >= 4 is 0 Å². The van der Waals surface area contributed by atoms with Gasteiger partial charge in [-0.25, -0.2) is 9.37 Å². The summed E-state index contributed by atoms with van der Waals surface area (Å²) in [4.78, 5) is 4.04. The summed E-state index contributed by atoms with van der Waals surface area (Å²) < 4.78 is 14.4. The number of hydrogen-bond acceptors (Lipinski definition) is 2. The zero-order chi connectivity index (χ0) is 17.5. The molecule has 0 spiro atoms. The maximum atomic E-state index is 14.4. The third kappa shape index (κ3) is 3.19. The van der Waals surface area contributed by atoms with Gasteiger partial charge in [-0.1, -0.05) is 27.7 Å². The summed E-state index contributed by atoms with van der Waals surface area (Å²) in [6.07, 6.45) is 4.07. The van der Waals surface area contributed by atoms with Crippen molar-refractivity contribution in [1.82, 2.24) is 4.98 Å². The summed E-state index contributed by atoms with van der Waals surface area (Å²) in [6.45, 7) is 8.70. The molecule has 0 aliphatic heterocycles. The van der Waals surface area contributed by atoms with Crippen molar-refractivity contribution in [3.8, 4) is 17.2 Å². The third-order valence-corrected chi connectivity index (χ3v) is 4.89. The van der Waals surface area contributed by atoms with Crippen LogP contribution in [0.3, 0.4) is 0 Å². The molecule has 1 aliphatic rings. The molecule has 1 heterocycles. The van der Waals surface area contributed by atoms with Crippen LogP contribution in [0.25, 0.3) is 11.1 Å². The second-order valence-electron chi connectivity index (χ2n) is 7.84. The molecule has 24 heavy (non-hydrogen) atoms. The predicted octanol–water partition coefficient (Wildman–Crippen LogP) is 5.57. The molecule has 3 heteroatoms. The zero-order valence-electron chi connectivity index (χ0n) is 14.7. The minimum absolute atomic E-state index is 0.113. The van der Waals surface area contributed by atoms with Crippen LogP contribution in [0, 0.1) is 23.1 Å². The Labute approximate surface area is 143 Å². The molecule has 0 bridgehead atoms. The highest BCUT2D eigenvalue weighted by atomic mass is 19.1. The van der Waals surface area contributed by atoms with E-state index in [4.69, 9.17) is 5.26 Å². The van der Waals surface area contributed by atoms with Gasteiger partial charge in [0.25, 0.3) is 0 Å². The normalized spacial score (nSPS) is 15.8. The minimum Gasteiger partial charge on any atom is -0.246 e. The van der Waals surface area contributed by atoms with Crippen molar-refractivity contribution in [3.63, 3.8) is 0 Å². The summed E-state index contributed by atoms with van der Waals surface area (Å²) in [5.74, 6) is 0.801. The molecule has 2 nitrogen and oxygen atoms in total. The van der Waals surface area contributed by atoms with Crippen LogP contribution in [0.1, 0.15) is 63.3 Å². The third-order valence-electron chi connectivity index (χ3n) is 4.89. The number of pyridine rings is 1. The molecule has 1 aromatic heterocycles. The van der Waals surface area contributed by atoms with Crippen LogP contribution in [0.15, 0.2) is 30.5 Å². The van der Waals surface area contributed by atoms with E-state index in [2.05, 4.69) is 38.7 Å². The van der Waals surface area contributed by atoms with Crippen molar-refractivity contribution in [3.05, 3.63) is 53.1 Å². The van der Waals surface area contributed by atoms with Gasteiger partial charge in [-0.3, -0.25) is 0 Å². The van der Waals surface area contributed by atoms with E-state index >= 15 is 0 Å². The van der Waals surface area contributed by atoms with Crippen molar-refractivity contribution in [2.24, 2.45) is 5.92 Å². The largest absolute Gasteiger partial charge is 0.246 e. The van der Waals surface area contributed by atoms with Crippen molar-refractivity contribution < 1.29 is 4.39 Å². The van der Waals surface area contributed by atoms with Crippen LogP contribution >= 0.6 is 0 Å². The highest BCUT2D eigenvalue weighted by Crippen LogP contribution is 2.47. The van der Waals surface area contributed by atoms with E-state index in [0.717, 1.165) is 16.7 Å². The van der Waals surface area contributed by atoms with Crippen LogP contribution in [0.5, 0.6) is 0 Å². The SMILES string of the molecule is CC(c1cc(F)cc(-c2ccnc(C#N)c2)c1C(C)(C)C)C1CC1. The second-order valence-corrected chi connectivity index (χ2v) is 7.84. The molecule has 1 atom stereocenters. The van der Waals surface area contributed by atoms with E-state index in [1.165, 1.54) is 18.4 Å². The lowest BCUT2D eigenvalue weighted by Gasteiger charge is -2.29. The molecule has 0 radical (unpaired) electrons. The maximum absolute atomic E-state index is 14.4. The van der Waals surface area contributed by atoms with Gasteiger partial charge in [-0.2, -0.15) is 5.26 Å². The Morgan fingerprint density at radius 2 is 1.96 bits per heavy atom. The van der Waals surface area contributed by atoms with Gasteiger partial charge in [-0.15, -0.1) is 0 Å². The van der Waals surface area contributed by atoms with Gasteiger partial charge in [-0.05, 0) is 76.6 Å². The summed E-state index contributed by atoms with van der Waals surface area (Å²) in [7, 11) is 0. The lowest BCUT2D eigenvalue weighted by atomic mass is 9.75. The van der Waals surface area contributed by atoms with E-state index in [-0.39, 0.29) is 11.2 Å². The number of hydrogen-bond donors (Lipinski definition) is 0. The number of nitrogens with zero attached hydrogens (tertiary/aromatic N) is 2. The van der Waals surface area contributed by atoms with Gasteiger partial charge in [0.1, 0.15) is 17.6 Å². The molecule has 1 aromatic carbocycles. The first-order valence-electron chi connectivity index (χ1n) is 8.51. The highest BCUT2D eigenvalue weighted by molar-refractivity contribution is 5.71. The van der Waals surface area contributed by atoms with E-state index in [9.17, 15) is 4.39 Å². The molecule has 0 amide bonds. The van der Waals surface area contributed by atoms with E-state index in [1.54, 1.807) is 24.4 Å². The van der Waals surface area contributed by atoms with Gasteiger partial charge < -0.3 is 0 Å². The minimum atomic E-state index is -0.212. The molecule has 0 N–H and O–H groups in total. The summed E-state index contributed by atoms with van der Waals surface area (Å²) >= 11 is 0. The number of halogens is 1. The lowest BCUT2D eigenvalue weighted by molar-refractivity contribution is 0.553. The summed E-state index contributed by atoms with van der Waals surface area (Å²) in [5.41, 5.74) is 4.26. The van der Waals surface area contributed by atoms with Crippen LogP contribution < -0.4 is 0 Å². The van der Waals surface area contributed by atoms with Gasteiger partial charge >= 0.3 is 0 Å². The van der Waals surface area contributed by atoms with E-state index in [1.807, 2.05) is 6.07 Å². The van der Waals surface area contributed by atoms with Crippen LogP contribution in [-0.2, 0) is 5.41 Å². The zero-order valence-corrected chi connectivity index (χ0v) is 14.7. The first-order chi connectivity index (χ1) is 11.3. The van der Waals surface area contributed by atoms with Crippen molar-refractivity contribution in [2.45, 2.75) is 51.9 Å². The smallest absolute Gasteiger partial charge is 0.141 e. The molecule has 1 saturated carbocycles. The quantitative estimate of drug-likeness (QED) is 0.740. The standard InChI is InChI=1S/C21H23FN2/c1-13(14-5-6-14)18-10-16(22)11-19(20(18)21(2,3)4)15-7-8-24-17(9-15)12-23/h7-11,13-14H,5-6H2,1-4H3. The highest BCUT2D eigenvalue weighted by Gasteiger charge is 2.34. The Bertz CT molecular complexity index is 808. The maximum Gasteiger partial charge on any atom is 0.141 e. The molecule has 1 aliphatic carbocycles. The van der Waals surface area contributed by atoms with E-state index < -0.39 is 0 Å². The summed E-state index contributed by atoms with van der Waals surface area (Å²) in [6, 6.07) is 8.98. The average molecular weight is 322 g/mol. The number of aromatic nitrogens is 1. The molecule has 1 fully saturated rings. The van der Waals surface area contributed by atoms with Crippen LogP contribution in [0.4, 0.5) is 4.39 Å². The predicted molar refractivity (Wildman–Crippen MR) is 94.2 cm³/mol. The second kappa shape index (κ2) is 6.02. The molecular formula is C21H23FN2. The molecule has 2 aromatic rings. The molecule has 3 rings (SSSR count). The average Bonchev–Trinajstić information content (AvgIpc) is 3.37. The first-order valence-corrected chi connectivity index (χ1v) is 8.51. The Balaban J connectivity index is 2.26. The fourth-order valence-corrected chi connectivity index (χ4v) is 3.56. The fraction of sp³-hybridized carbons (Fsp3) is 0.429. The van der Waals surface area contributed by atoms with Gasteiger partial charge in [0.15, 0.2) is 0 Å². The molecule has 0 saturated heterocycles. The Hall–Kier alpha value is -2.21. The van der Waals surface area contributed by atoms with Gasteiger partial charge in [0.2, 0.25) is 0 Å². The van der Waals surface area contributed by atoms with Crippen LogP contribution in [0.2, 0.25) is 0 Å². The fourth-order valence-electron chi connectivity index (χ4n) is 3.56. The van der Waals surface area contributed by atoms with Crippen molar-refractivity contribution in [2.75, 3.05) is 0 Å². The van der Waals surface area contributed by atoms with E-state index in [0.29, 0.717) is 17.5 Å². The first kappa shape index (κ1) is 16.6. The van der Waals surface area contributed by atoms with Gasteiger partial charge in [0.05, 0.1) is 0 Å². The number of rotatable bonds is 3. The topological polar surface area (TPSA) is 36.7 Å². The Morgan fingerprint density at radius 1 is 1.25 bits per heavy atom. The number of nitriles is 1. The Morgan fingerprint density at radius 3 is 2.54 bits per heavy atom. The van der Waals surface area contributed by atoms with Gasteiger partial charge in [0, 0.05) is 6.20 Å². The Kier molecular flexibility index (Phi) is 4.17.